The average Bonchev–Trinajstić information content (AvgIpc) is 2.99. The fourth-order valence-electron chi connectivity index (χ4n) is 4.93. The van der Waals surface area contributed by atoms with E-state index in [-0.39, 0.29) is 5.56 Å². The number of allylic oxidation sites excluding steroid dienone is 1. The zero-order valence-corrected chi connectivity index (χ0v) is 25.7. The minimum Gasteiger partial charge on any atom is -0.497 e. The number of piperazine rings is 1. The van der Waals surface area contributed by atoms with Crippen LogP contribution < -0.4 is 25.6 Å². The number of methoxy groups -OCH3 is 2. The quantitative estimate of drug-likeness (QED) is 0.288. The molecule has 2 heterocycles. The first kappa shape index (κ1) is 30.3. The van der Waals surface area contributed by atoms with Crippen LogP contribution in [0.25, 0.3) is 0 Å². The van der Waals surface area contributed by atoms with Gasteiger partial charge in [0.1, 0.15) is 23.2 Å². The number of ether oxygens (including phenoxy) is 2. The summed E-state index contributed by atoms with van der Waals surface area (Å²) >= 11 is 12.6. The van der Waals surface area contributed by atoms with Crippen LogP contribution in [0.5, 0.6) is 11.5 Å². The molecule has 0 aliphatic carbocycles. The van der Waals surface area contributed by atoms with Crippen LogP contribution in [0.4, 0.5) is 11.5 Å². The second-order valence-electron chi connectivity index (χ2n) is 9.93. The number of hydrogen-bond donors (Lipinski definition) is 0. The van der Waals surface area contributed by atoms with Crippen LogP contribution in [0.3, 0.4) is 0 Å². The maximum atomic E-state index is 12.8. The van der Waals surface area contributed by atoms with Crippen molar-refractivity contribution in [3.63, 3.8) is 0 Å². The van der Waals surface area contributed by atoms with Crippen molar-refractivity contribution in [1.82, 2.24) is 14.0 Å². The number of rotatable bonds is 7. The zero-order chi connectivity index (χ0) is 29.8. The van der Waals surface area contributed by atoms with E-state index in [1.165, 1.54) is 11.6 Å². The highest BCUT2D eigenvalue weighted by Crippen LogP contribution is 2.33. The van der Waals surface area contributed by atoms with Gasteiger partial charge in [0.15, 0.2) is 0 Å². The van der Waals surface area contributed by atoms with Gasteiger partial charge in [-0.05, 0) is 61.7 Å². The summed E-state index contributed by atoms with van der Waals surface area (Å²) < 4.78 is 13.5. The van der Waals surface area contributed by atoms with Gasteiger partial charge in [0.25, 0.3) is 5.56 Å². The predicted molar refractivity (Wildman–Crippen MR) is 166 cm³/mol. The summed E-state index contributed by atoms with van der Waals surface area (Å²) in [6.45, 7) is 6.42. The Hall–Kier alpha value is -3.69. The molecule has 0 radical (unpaired) electrons. The highest BCUT2D eigenvalue weighted by molar-refractivity contribution is 6.33. The molecule has 1 saturated heterocycles. The molecule has 1 aromatic heterocycles. The smallest absolute Gasteiger partial charge is 0.332 e. The van der Waals surface area contributed by atoms with Crippen LogP contribution in [0, 0.1) is 6.92 Å². The number of benzene rings is 2. The molecule has 2 aromatic carbocycles. The lowest BCUT2D eigenvalue weighted by atomic mass is 10.1. The lowest BCUT2D eigenvalue weighted by Crippen LogP contribution is -2.49. The Balaban J connectivity index is 1.70. The fraction of sp³-hybridized carbons (Fsp3) is 0.367. The first-order valence-corrected chi connectivity index (χ1v) is 14.0. The van der Waals surface area contributed by atoms with Crippen LogP contribution in [0.15, 0.2) is 62.6 Å². The summed E-state index contributed by atoms with van der Waals surface area (Å²) in [4.78, 5) is 34.9. The lowest BCUT2D eigenvalue weighted by Gasteiger charge is -2.38. The van der Waals surface area contributed by atoms with Crippen LogP contribution >= 0.6 is 23.2 Å². The molecule has 4 rings (SSSR count). The Bertz CT molecular complexity index is 1580. The van der Waals surface area contributed by atoms with Crippen LogP contribution in [-0.4, -0.2) is 60.3 Å². The van der Waals surface area contributed by atoms with Crippen molar-refractivity contribution in [3.05, 3.63) is 90.1 Å². The van der Waals surface area contributed by atoms with Gasteiger partial charge < -0.3 is 19.3 Å². The van der Waals surface area contributed by atoms with Crippen molar-refractivity contribution in [3.8, 4) is 11.5 Å². The molecule has 0 bridgehead atoms. The summed E-state index contributed by atoms with van der Waals surface area (Å²) in [5.74, 6) is 2.50. The molecule has 1 aliphatic heterocycles. The summed E-state index contributed by atoms with van der Waals surface area (Å²) in [6.07, 6.45) is 2.59. The van der Waals surface area contributed by atoms with Crippen molar-refractivity contribution in [2.45, 2.75) is 20.3 Å². The second-order valence-corrected chi connectivity index (χ2v) is 10.8. The Morgan fingerprint density at radius 2 is 1.68 bits per heavy atom. The van der Waals surface area contributed by atoms with Gasteiger partial charge in [-0.2, -0.15) is 0 Å². The van der Waals surface area contributed by atoms with Crippen molar-refractivity contribution in [2.24, 2.45) is 19.1 Å². The molecule has 3 aromatic rings. The molecule has 218 valence electrons. The number of halogens is 2. The predicted octanol–water partition coefficient (Wildman–Crippen LogP) is 4.76. The molecule has 0 spiro atoms. The van der Waals surface area contributed by atoms with E-state index in [2.05, 4.69) is 9.80 Å². The normalized spacial score (nSPS) is 14.4. The highest BCUT2D eigenvalue weighted by atomic mass is 35.5. The summed E-state index contributed by atoms with van der Waals surface area (Å²) in [5, 5.41) is 1.24. The zero-order valence-electron chi connectivity index (χ0n) is 24.2. The molecule has 0 atom stereocenters. The van der Waals surface area contributed by atoms with Crippen molar-refractivity contribution >= 4 is 40.5 Å². The highest BCUT2D eigenvalue weighted by Gasteiger charge is 2.24. The molecule has 41 heavy (non-hydrogen) atoms. The standard InChI is InChI=1S/C30H35Cl2N5O4/c1-19(7-8-21-17-22(31)9-11-24(21)32)27(33-28-20(2)29(38)35(4)30(39)34(28)3)37-15-13-36(14-16-37)25-12-10-23(40-5)18-26(25)41-6/h7,9-12,17-18H,8,13-16H2,1-6H3/b19-7-,33-27?. The van der Waals surface area contributed by atoms with Gasteiger partial charge in [-0.3, -0.25) is 13.9 Å². The van der Waals surface area contributed by atoms with E-state index in [9.17, 15) is 9.59 Å². The number of aromatic nitrogens is 2. The van der Waals surface area contributed by atoms with Gasteiger partial charge in [0.2, 0.25) is 0 Å². The molecule has 11 heteroatoms. The average molecular weight is 601 g/mol. The number of nitrogens with zero attached hydrogens (tertiary/aromatic N) is 5. The van der Waals surface area contributed by atoms with E-state index in [4.69, 9.17) is 37.7 Å². The summed E-state index contributed by atoms with van der Waals surface area (Å²) in [5.41, 5.74) is 2.38. The maximum absolute atomic E-state index is 12.8. The molecule has 0 saturated carbocycles. The molecular weight excluding hydrogens is 565 g/mol. The Labute approximate surface area is 249 Å². The van der Waals surface area contributed by atoms with E-state index in [0.29, 0.717) is 59.9 Å². The van der Waals surface area contributed by atoms with Gasteiger partial charge in [-0.25, -0.2) is 9.79 Å². The Kier molecular flexibility index (Phi) is 9.50. The minimum atomic E-state index is -0.428. The first-order chi connectivity index (χ1) is 19.5. The number of hydrogen-bond acceptors (Lipinski definition) is 6. The third kappa shape index (κ3) is 6.47. The van der Waals surface area contributed by atoms with Crippen molar-refractivity contribution in [2.75, 3.05) is 45.3 Å². The van der Waals surface area contributed by atoms with E-state index in [1.54, 1.807) is 40.3 Å². The van der Waals surface area contributed by atoms with Gasteiger partial charge in [-0.1, -0.05) is 29.3 Å². The van der Waals surface area contributed by atoms with Crippen LogP contribution in [0.2, 0.25) is 10.0 Å². The molecule has 1 fully saturated rings. The van der Waals surface area contributed by atoms with Crippen molar-refractivity contribution in [1.29, 1.82) is 0 Å². The number of anilines is 1. The fourth-order valence-corrected chi connectivity index (χ4v) is 5.32. The minimum absolute atomic E-state index is 0.334. The SMILES string of the molecule is COc1ccc(N2CCN(C(=Nc3c(C)c(=O)n(C)c(=O)n3C)/C(C)=C\Cc3cc(Cl)ccc3Cl)CC2)c(OC)c1. The molecule has 0 N–H and O–H groups in total. The maximum Gasteiger partial charge on any atom is 0.332 e. The van der Waals surface area contributed by atoms with E-state index < -0.39 is 5.69 Å². The van der Waals surface area contributed by atoms with Crippen molar-refractivity contribution < 1.29 is 9.47 Å². The van der Waals surface area contributed by atoms with E-state index >= 15 is 0 Å². The van der Waals surface area contributed by atoms with Crippen LogP contribution in [0.1, 0.15) is 18.1 Å². The number of aliphatic imine (C=N–C) groups is 1. The summed E-state index contributed by atoms with van der Waals surface area (Å²) in [7, 11) is 6.38. The van der Waals surface area contributed by atoms with Gasteiger partial charge >= 0.3 is 5.69 Å². The Morgan fingerprint density at radius 1 is 0.976 bits per heavy atom. The number of amidine groups is 1. The third-order valence-electron chi connectivity index (χ3n) is 7.36. The third-order valence-corrected chi connectivity index (χ3v) is 7.96. The van der Waals surface area contributed by atoms with E-state index in [0.717, 1.165) is 32.9 Å². The summed E-state index contributed by atoms with van der Waals surface area (Å²) in [6, 6.07) is 11.2. The van der Waals surface area contributed by atoms with E-state index in [1.807, 2.05) is 37.3 Å². The molecule has 9 nitrogen and oxygen atoms in total. The first-order valence-electron chi connectivity index (χ1n) is 13.2. The molecule has 0 amide bonds. The van der Waals surface area contributed by atoms with Gasteiger partial charge in [0, 0.05) is 56.4 Å². The molecular formula is C30H35Cl2N5O4. The lowest BCUT2D eigenvalue weighted by molar-refractivity contribution is 0.374. The monoisotopic (exact) mass is 599 g/mol. The topological polar surface area (TPSA) is 81.3 Å². The second kappa shape index (κ2) is 12.9. The molecule has 1 aliphatic rings. The largest absolute Gasteiger partial charge is 0.497 e. The van der Waals surface area contributed by atoms with Gasteiger partial charge in [-0.15, -0.1) is 0 Å². The van der Waals surface area contributed by atoms with Gasteiger partial charge in [0.05, 0.1) is 25.5 Å². The Morgan fingerprint density at radius 3 is 2.34 bits per heavy atom. The molecule has 0 unspecified atom stereocenters. The van der Waals surface area contributed by atoms with Crippen LogP contribution in [-0.2, 0) is 20.5 Å².